The van der Waals surface area contributed by atoms with Crippen LogP contribution in [0.5, 0.6) is 0 Å². The van der Waals surface area contributed by atoms with E-state index in [1.54, 1.807) is 12.2 Å². The molecule has 1 N–H and O–H groups in total. The van der Waals surface area contributed by atoms with Crippen molar-refractivity contribution in [2.75, 3.05) is 12.3 Å². The van der Waals surface area contributed by atoms with Gasteiger partial charge in [0.25, 0.3) is 11.1 Å². The predicted molar refractivity (Wildman–Crippen MR) is 103 cm³/mol. The summed E-state index contributed by atoms with van der Waals surface area (Å²) in [6.45, 7) is -0.450. The molecule has 1 saturated heterocycles. The molecular weight excluding hydrogens is 388 g/mol. The van der Waals surface area contributed by atoms with Gasteiger partial charge in [0.1, 0.15) is 6.54 Å². The lowest BCUT2D eigenvalue weighted by atomic mass is 10.2. The van der Waals surface area contributed by atoms with Crippen LogP contribution in [-0.2, 0) is 19.4 Å². The highest BCUT2D eigenvalue weighted by Gasteiger charge is 2.36. The number of rotatable bonds is 5. The number of nitrogens with one attached hydrogen (secondary N) is 1. The number of imide groups is 1. The van der Waals surface area contributed by atoms with Crippen molar-refractivity contribution in [1.29, 1.82) is 0 Å². The van der Waals surface area contributed by atoms with Crippen LogP contribution in [0.4, 0.5) is 4.79 Å². The van der Waals surface area contributed by atoms with Crippen LogP contribution >= 0.6 is 11.8 Å². The molecule has 7 nitrogen and oxygen atoms in total. The van der Waals surface area contributed by atoms with Crippen LogP contribution in [0.15, 0.2) is 58.9 Å². The molecule has 0 bridgehead atoms. The molecular formula is C18H16N2O5S2. The van der Waals surface area contributed by atoms with E-state index in [2.05, 4.69) is 5.32 Å². The highest BCUT2D eigenvalue weighted by Crippen LogP contribution is 2.30. The van der Waals surface area contributed by atoms with Crippen molar-refractivity contribution in [3.63, 3.8) is 0 Å². The Kier molecular flexibility index (Phi) is 5.62. The Morgan fingerprint density at radius 2 is 2.00 bits per heavy atom. The number of carbonyl (C=O) groups excluding carboxylic acids is 3. The SMILES string of the molecule is O=C(CN1C(=O)S/C(=C/C=C/c2ccccc2)C1=O)N[C@H]1C=CS(=O)(=O)C1. The first-order chi connectivity index (χ1) is 12.8. The van der Waals surface area contributed by atoms with Crippen LogP contribution in [0.2, 0.25) is 0 Å². The van der Waals surface area contributed by atoms with Crippen molar-refractivity contribution >= 4 is 44.7 Å². The van der Waals surface area contributed by atoms with Gasteiger partial charge in [-0.3, -0.25) is 19.3 Å². The minimum atomic E-state index is -3.30. The normalized spacial score (nSPS) is 22.9. The van der Waals surface area contributed by atoms with Crippen LogP contribution in [-0.4, -0.2) is 48.7 Å². The van der Waals surface area contributed by atoms with E-state index < -0.39 is 39.5 Å². The molecule has 0 radical (unpaired) electrons. The number of thioether (sulfide) groups is 1. The summed E-state index contributed by atoms with van der Waals surface area (Å²) in [4.78, 5) is 37.4. The zero-order chi connectivity index (χ0) is 19.4. The molecule has 1 aromatic carbocycles. The molecule has 0 spiro atoms. The molecule has 27 heavy (non-hydrogen) atoms. The van der Waals surface area contributed by atoms with E-state index in [1.165, 1.54) is 12.2 Å². The highest BCUT2D eigenvalue weighted by atomic mass is 32.2. The highest BCUT2D eigenvalue weighted by molar-refractivity contribution is 8.18. The standard InChI is InChI=1S/C18H16N2O5S2/c21-16(19-14-9-10-27(24,25)12-14)11-20-17(22)15(26-18(20)23)8-4-7-13-5-2-1-3-6-13/h1-10,14H,11-12H2,(H,19,21)/b7-4+,15-8+/t14-/m0/s1. The second-order valence-electron chi connectivity index (χ2n) is 5.89. The van der Waals surface area contributed by atoms with E-state index in [0.717, 1.165) is 27.6 Å². The van der Waals surface area contributed by atoms with E-state index in [1.807, 2.05) is 30.3 Å². The molecule has 0 aliphatic carbocycles. The topological polar surface area (TPSA) is 101 Å². The molecule has 0 unspecified atom stereocenters. The Bertz CT molecular complexity index is 965. The predicted octanol–water partition coefficient (Wildman–Crippen LogP) is 1.71. The van der Waals surface area contributed by atoms with E-state index in [0.29, 0.717) is 0 Å². The van der Waals surface area contributed by atoms with Gasteiger partial charge in [0.2, 0.25) is 5.91 Å². The summed E-state index contributed by atoms with van der Waals surface area (Å²) in [6, 6.07) is 8.82. The second-order valence-corrected chi connectivity index (χ2v) is 8.82. The molecule has 2 heterocycles. The summed E-state index contributed by atoms with van der Waals surface area (Å²) >= 11 is 0.759. The van der Waals surface area contributed by atoms with Crippen molar-refractivity contribution in [2.45, 2.75) is 6.04 Å². The van der Waals surface area contributed by atoms with Crippen LogP contribution in [0.25, 0.3) is 6.08 Å². The minimum Gasteiger partial charge on any atom is -0.347 e. The number of hydrogen-bond donors (Lipinski definition) is 1. The quantitative estimate of drug-likeness (QED) is 0.750. The van der Waals surface area contributed by atoms with Gasteiger partial charge in [0, 0.05) is 5.41 Å². The smallest absolute Gasteiger partial charge is 0.294 e. The van der Waals surface area contributed by atoms with E-state index in [9.17, 15) is 22.8 Å². The summed E-state index contributed by atoms with van der Waals surface area (Å²) in [5, 5.41) is 2.99. The van der Waals surface area contributed by atoms with Gasteiger partial charge >= 0.3 is 0 Å². The lowest BCUT2D eigenvalue weighted by Gasteiger charge is -2.14. The number of carbonyl (C=O) groups is 3. The van der Waals surface area contributed by atoms with Crippen molar-refractivity contribution in [2.24, 2.45) is 0 Å². The summed E-state index contributed by atoms with van der Waals surface area (Å²) in [7, 11) is -3.30. The number of hydrogen-bond acceptors (Lipinski definition) is 6. The summed E-state index contributed by atoms with van der Waals surface area (Å²) < 4.78 is 22.7. The van der Waals surface area contributed by atoms with Gasteiger partial charge in [0.15, 0.2) is 9.84 Å². The van der Waals surface area contributed by atoms with Crippen LogP contribution in [0, 0.1) is 0 Å². The molecule has 0 aromatic heterocycles. The average molecular weight is 404 g/mol. The van der Waals surface area contributed by atoms with Crippen LogP contribution in [0.3, 0.4) is 0 Å². The first-order valence-electron chi connectivity index (χ1n) is 8.01. The molecule has 1 fully saturated rings. The molecule has 2 aliphatic rings. The van der Waals surface area contributed by atoms with E-state index in [-0.39, 0.29) is 10.7 Å². The molecule has 140 valence electrons. The zero-order valence-corrected chi connectivity index (χ0v) is 15.7. The van der Waals surface area contributed by atoms with Gasteiger partial charge < -0.3 is 5.32 Å². The third-order valence-electron chi connectivity index (χ3n) is 3.79. The zero-order valence-electron chi connectivity index (χ0n) is 14.1. The van der Waals surface area contributed by atoms with Gasteiger partial charge in [-0.15, -0.1) is 0 Å². The Morgan fingerprint density at radius 3 is 2.67 bits per heavy atom. The number of nitrogens with zero attached hydrogens (tertiary/aromatic N) is 1. The largest absolute Gasteiger partial charge is 0.347 e. The van der Waals surface area contributed by atoms with Crippen LogP contribution < -0.4 is 5.32 Å². The molecule has 0 saturated carbocycles. The monoisotopic (exact) mass is 404 g/mol. The van der Waals surface area contributed by atoms with Crippen molar-refractivity contribution < 1.29 is 22.8 Å². The molecule has 3 rings (SSSR count). The maximum atomic E-state index is 12.3. The number of sulfone groups is 1. The third kappa shape index (κ3) is 4.95. The molecule has 9 heteroatoms. The van der Waals surface area contributed by atoms with Gasteiger partial charge in [-0.1, -0.05) is 42.5 Å². The van der Waals surface area contributed by atoms with Crippen molar-refractivity contribution in [3.05, 3.63) is 64.4 Å². The maximum Gasteiger partial charge on any atom is 0.294 e. The Labute approximate surface area is 160 Å². The van der Waals surface area contributed by atoms with Crippen molar-refractivity contribution in [1.82, 2.24) is 10.2 Å². The fraction of sp³-hybridized carbons (Fsp3) is 0.167. The molecule has 1 atom stereocenters. The molecule has 2 aliphatic heterocycles. The Hall–Kier alpha value is -2.65. The Morgan fingerprint density at radius 1 is 1.26 bits per heavy atom. The second kappa shape index (κ2) is 7.93. The fourth-order valence-electron chi connectivity index (χ4n) is 2.52. The summed E-state index contributed by atoms with van der Waals surface area (Å²) in [5.74, 6) is -1.36. The van der Waals surface area contributed by atoms with Gasteiger partial charge in [-0.25, -0.2) is 8.42 Å². The summed E-state index contributed by atoms with van der Waals surface area (Å²) in [6.07, 6.45) is 6.37. The van der Waals surface area contributed by atoms with Crippen LogP contribution in [0.1, 0.15) is 5.56 Å². The molecule has 1 aromatic rings. The third-order valence-corrected chi connectivity index (χ3v) is 6.11. The van der Waals surface area contributed by atoms with Gasteiger partial charge in [-0.2, -0.15) is 0 Å². The number of benzene rings is 1. The molecule has 3 amide bonds. The number of allylic oxidation sites excluding steroid dienone is 2. The lowest BCUT2D eigenvalue weighted by Crippen LogP contribution is -2.43. The Balaban J connectivity index is 1.59. The van der Waals surface area contributed by atoms with Crippen molar-refractivity contribution in [3.8, 4) is 0 Å². The van der Waals surface area contributed by atoms with Gasteiger partial charge in [0.05, 0.1) is 16.7 Å². The van der Waals surface area contributed by atoms with E-state index >= 15 is 0 Å². The number of amides is 3. The first-order valence-corrected chi connectivity index (χ1v) is 10.5. The maximum absolute atomic E-state index is 12.3. The lowest BCUT2D eigenvalue weighted by molar-refractivity contribution is -0.129. The van der Waals surface area contributed by atoms with Gasteiger partial charge in [-0.05, 0) is 29.5 Å². The van der Waals surface area contributed by atoms with E-state index in [4.69, 9.17) is 0 Å². The summed E-state index contributed by atoms with van der Waals surface area (Å²) in [5.41, 5.74) is 0.951. The average Bonchev–Trinajstić information content (AvgIpc) is 3.09. The minimum absolute atomic E-state index is 0.217. The first kappa shape index (κ1) is 19.1. The fourth-order valence-corrected chi connectivity index (χ4v) is 4.55.